The van der Waals surface area contributed by atoms with E-state index in [4.69, 9.17) is 0 Å². The summed E-state index contributed by atoms with van der Waals surface area (Å²) >= 11 is 0. The minimum Gasteiger partial charge on any atom is -0.310 e. The lowest BCUT2D eigenvalue weighted by Gasteiger charge is -2.29. The van der Waals surface area contributed by atoms with Crippen molar-refractivity contribution in [3.8, 4) is 72.4 Å². The maximum absolute atomic E-state index is 2.44. The minimum atomic E-state index is 1.07. The fourth-order valence-electron chi connectivity index (χ4n) is 9.96. The van der Waals surface area contributed by atoms with Crippen LogP contribution in [0.2, 0.25) is 0 Å². The van der Waals surface area contributed by atoms with Gasteiger partial charge in [0.2, 0.25) is 0 Å². The van der Waals surface area contributed by atoms with Crippen LogP contribution in [0.5, 0.6) is 0 Å². The number of aromatic nitrogens is 1. The van der Waals surface area contributed by atoms with Crippen molar-refractivity contribution < 1.29 is 0 Å². The largest absolute Gasteiger partial charge is 0.310 e. The molecule has 0 saturated heterocycles. The van der Waals surface area contributed by atoms with Gasteiger partial charge in [-0.15, -0.1) is 0 Å². The van der Waals surface area contributed by atoms with Crippen molar-refractivity contribution in [2.45, 2.75) is 0 Å². The summed E-state index contributed by atoms with van der Waals surface area (Å²) in [6.45, 7) is 0. The third-order valence-electron chi connectivity index (χ3n) is 13.2. The van der Waals surface area contributed by atoms with E-state index in [0.29, 0.717) is 0 Å². The molecule has 0 N–H and O–H groups in total. The van der Waals surface area contributed by atoms with Gasteiger partial charge in [-0.1, -0.05) is 206 Å². The summed E-state index contributed by atoms with van der Waals surface area (Å²) in [5.41, 5.74) is 20.8. The van der Waals surface area contributed by atoms with Gasteiger partial charge in [0.25, 0.3) is 0 Å². The van der Waals surface area contributed by atoms with Crippen molar-refractivity contribution in [1.29, 1.82) is 0 Å². The molecule has 0 radical (unpaired) electrons. The summed E-state index contributed by atoms with van der Waals surface area (Å²) < 4.78 is 2.39. The van der Waals surface area contributed by atoms with Crippen LogP contribution < -0.4 is 4.90 Å². The van der Waals surface area contributed by atoms with Gasteiger partial charge in [-0.2, -0.15) is 0 Å². The van der Waals surface area contributed by atoms with Gasteiger partial charge in [-0.25, -0.2) is 0 Å². The van der Waals surface area contributed by atoms with Gasteiger partial charge in [0.1, 0.15) is 0 Å². The van der Waals surface area contributed by atoms with Crippen LogP contribution in [-0.4, -0.2) is 4.57 Å². The van der Waals surface area contributed by atoms with Crippen molar-refractivity contribution in [2.24, 2.45) is 0 Å². The monoisotopic (exact) mass is 866 g/mol. The van der Waals surface area contributed by atoms with Crippen LogP contribution in [0.4, 0.5) is 17.1 Å². The van der Waals surface area contributed by atoms with Gasteiger partial charge in [0.15, 0.2) is 0 Å². The number of para-hydroxylation sites is 3. The maximum Gasteiger partial charge on any atom is 0.0547 e. The van der Waals surface area contributed by atoms with E-state index in [1.165, 1.54) is 66.3 Å². The van der Waals surface area contributed by atoms with Crippen LogP contribution in [0.3, 0.4) is 0 Å². The third kappa shape index (κ3) is 7.64. The Labute approximate surface area is 397 Å². The molecule has 1 heterocycles. The van der Waals surface area contributed by atoms with E-state index in [9.17, 15) is 0 Å². The minimum absolute atomic E-state index is 1.07. The average Bonchev–Trinajstić information content (AvgIpc) is 3.77. The molecule has 2 heteroatoms. The third-order valence-corrected chi connectivity index (χ3v) is 13.2. The summed E-state index contributed by atoms with van der Waals surface area (Å²) in [5.74, 6) is 0. The normalized spacial score (nSPS) is 11.2. The molecule has 11 aromatic carbocycles. The number of rotatable bonds is 10. The molecular weight excluding hydrogens is 821 g/mol. The highest BCUT2D eigenvalue weighted by Gasteiger charge is 2.21. The standard InChI is InChI=1S/C66H46N2/c1-5-20-47(21-6-1)51-26-17-27-52(42-51)50-38-40-58(41-39-50)67(59-45-55(48-22-7-2-8-23-48)44-56(46-59)49-24-9-3-10-25-49)63-35-15-13-32-60(63)53-28-18-29-54(43-53)61-34-19-37-65-66(61)62-33-14-16-36-64(62)68(65)57-30-11-4-12-31-57/h1-46H. The lowest BCUT2D eigenvalue weighted by atomic mass is 9.94. The highest BCUT2D eigenvalue weighted by molar-refractivity contribution is 6.16. The van der Waals surface area contributed by atoms with Gasteiger partial charge in [0.05, 0.1) is 16.7 Å². The fraction of sp³-hybridized carbons (Fsp3) is 0. The first-order valence-electron chi connectivity index (χ1n) is 23.3. The van der Waals surface area contributed by atoms with Gasteiger partial charge in [0, 0.05) is 33.4 Å². The zero-order valence-corrected chi connectivity index (χ0v) is 37.5. The zero-order chi connectivity index (χ0) is 45.2. The Morgan fingerprint density at radius 2 is 0.676 bits per heavy atom. The SMILES string of the molecule is c1ccc(-c2cccc(-c3ccc(N(c4cc(-c5ccccc5)cc(-c5ccccc5)c4)c4ccccc4-c4cccc(-c5cccc6c5c5ccccc5n6-c5ccccc5)c4)cc3)c2)cc1. The number of hydrogen-bond acceptors (Lipinski definition) is 1. The summed E-state index contributed by atoms with van der Waals surface area (Å²) in [4.78, 5) is 2.44. The van der Waals surface area contributed by atoms with Crippen molar-refractivity contribution in [3.63, 3.8) is 0 Å². The van der Waals surface area contributed by atoms with Gasteiger partial charge in [-0.05, 0) is 134 Å². The molecule has 0 fully saturated rings. The van der Waals surface area contributed by atoms with Crippen LogP contribution in [0.1, 0.15) is 0 Å². The number of hydrogen-bond donors (Lipinski definition) is 0. The highest BCUT2D eigenvalue weighted by atomic mass is 15.1. The molecule has 0 aliphatic carbocycles. The van der Waals surface area contributed by atoms with E-state index < -0.39 is 0 Å². The smallest absolute Gasteiger partial charge is 0.0547 e. The molecule has 0 amide bonds. The Morgan fingerprint density at radius 3 is 1.32 bits per heavy atom. The number of anilines is 3. The number of benzene rings is 11. The summed E-state index contributed by atoms with van der Waals surface area (Å²) in [6.07, 6.45) is 0. The number of fused-ring (bicyclic) bond motifs is 3. The van der Waals surface area contributed by atoms with E-state index in [-0.39, 0.29) is 0 Å². The van der Waals surface area contributed by atoms with Crippen molar-refractivity contribution >= 4 is 38.9 Å². The second-order valence-corrected chi connectivity index (χ2v) is 17.3. The molecule has 12 aromatic rings. The first-order chi connectivity index (χ1) is 33.7. The van der Waals surface area contributed by atoms with E-state index in [1.54, 1.807) is 0 Å². The molecule has 0 unspecified atom stereocenters. The molecule has 0 spiro atoms. The Kier molecular flexibility index (Phi) is 10.6. The van der Waals surface area contributed by atoms with E-state index in [2.05, 4.69) is 289 Å². The Morgan fingerprint density at radius 1 is 0.250 bits per heavy atom. The van der Waals surface area contributed by atoms with Gasteiger partial charge >= 0.3 is 0 Å². The first kappa shape index (κ1) is 40.5. The molecule has 0 atom stereocenters. The van der Waals surface area contributed by atoms with E-state index >= 15 is 0 Å². The molecular formula is C66H46N2. The quantitative estimate of drug-likeness (QED) is 0.133. The molecule has 0 bridgehead atoms. The topological polar surface area (TPSA) is 8.17 Å². The lowest BCUT2D eigenvalue weighted by Crippen LogP contribution is -2.11. The molecule has 0 aliphatic rings. The van der Waals surface area contributed by atoms with Gasteiger partial charge < -0.3 is 9.47 Å². The molecule has 0 aliphatic heterocycles. The average molecular weight is 867 g/mol. The Hall–Kier alpha value is -8.98. The van der Waals surface area contributed by atoms with E-state index in [1.807, 2.05) is 0 Å². The van der Waals surface area contributed by atoms with Crippen LogP contribution in [0, 0.1) is 0 Å². The highest BCUT2D eigenvalue weighted by Crippen LogP contribution is 2.46. The molecule has 2 nitrogen and oxygen atoms in total. The Bertz CT molecular complexity index is 3650. The van der Waals surface area contributed by atoms with Crippen molar-refractivity contribution in [1.82, 2.24) is 4.57 Å². The second kappa shape index (κ2) is 17.8. The molecule has 320 valence electrons. The van der Waals surface area contributed by atoms with Gasteiger partial charge in [-0.3, -0.25) is 0 Å². The Balaban J connectivity index is 1.03. The molecule has 68 heavy (non-hydrogen) atoms. The van der Waals surface area contributed by atoms with Crippen LogP contribution >= 0.6 is 0 Å². The predicted molar refractivity (Wildman–Crippen MR) is 288 cm³/mol. The van der Waals surface area contributed by atoms with Crippen LogP contribution in [0.15, 0.2) is 279 Å². The fourth-order valence-corrected chi connectivity index (χ4v) is 9.96. The molecule has 1 aromatic heterocycles. The molecule has 0 saturated carbocycles. The summed E-state index contributed by atoms with van der Waals surface area (Å²) in [5, 5.41) is 2.49. The summed E-state index contributed by atoms with van der Waals surface area (Å²) in [6, 6.07) is 101. The van der Waals surface area contributed by atoms with Crippen molar-refractivity contribution in [2.75, 3.05) is 4.90 Å². The summed E-state index contributed by atoms with van der Waals surface area (Å²) in [7, 11) is 0. The lowest BCUT2D eigenvalue weighted by molar-refractivity contribution is 1.18. The zero-order valence-electron chi connectivity index (χ0n) is 37.5. The maximum atomic E-state index is 2.44. The predicted octanol–water partition coefficient (Wildman–Crippen LogP) is 18.3. The number of nitrogens with zero attached hydrogens (tertiary/aromatic N) is 2. The molecule has 12 rings (SSSR count). The van der Waals surface area contributed by atoms with Crippen LogP contribution in [-0.2, 0) is 0 Å². The second-order valence-electron chi connectivity index (χ2n) is 17.3. The first-order valence-corrected chi connectivity index (χ1v) is 23.3. The van der Waals surface area contributed by atoms with Crippen molar-refractivity contribution in [3.05, 3.63) is 279 Å². The van der Waals surface area contributed by atoms with E-state index in [0.717, 1.165) is 45.0 Å². The van der Waals surface area contributed by atoms with Crippen LogP contribution in [0.25, 0.3) is 94.3 Å².